The fourth-order valence-electron chi connectivity index (χ4n) is 2.32. The fourth-order valence-corrected chi connectivity index (χ4v) is 2.32. The Balaban J connectivity index is 2.19. The third-order valence-corrected chi connectivity index (χ3v) is 3.27. The van der Waals surface area contributed by atoms with Gasteiger partial charge in [0, 0.05) is 18.5 Å². The van der Waals surface area contributed by atoms with Crippen LogP contribution in [0, 0.1) is 5.41 Å². The van der Waals surface area contributed by atoms with Gasteiger partial charge >= 0.3 is 0 Å². The van der Waals surface area contributed by atoms with Crippen LogP contribution < -0.4 is 5.32 Å². The molecular formula is C10H17NO. The maximum Gasteiger partial charge on any atom is 0.0577 e. The van der Waals surface area contributed by atoms with Gasteiger partial charge in [-0.1, -0.05) is 18.6 Å². The molecule has 0 unspecified atom stereocenters. The molecule has 0 radical (unpaired) electrons. The van der Waals surface area contributed by atoms with E-state index in [4.69, 9.17) is 0 Å². The average Bonchev–Trinajstić information content (AvgIpc) is 2.06. The Hall–Kier alpha value is -0.340. The first-order valence-electron chi connectivity index (χ1n) is 4.79. The number of nitrogens with one attached hydrogen (secondary N) is 1. The second-order valence-corrected chi connectivity index (χ2v) is 4.32. The highest BCUT2D eigenvalue weighted by molar-refractivity contribution is 5.21. The van der Waals surface area contributed by atoms with Crippen molar-refractivity contribution in [3.8, 4) is 0 Å². The first kappa shape index (κ1) is 8.27. The van der Waals surface area contributed by atoms with Crippen molar-refractivity contribution in [2.45, 2.75) is 32.3 Å². The van der Waals surface area contributed by atoms with Gasteiger partial charge in [0.2, 0.25) is 0 Å². The monoisotopic (exact) mass is 167 g/mol. The Morgan fingerprint density at radius 1 is 1.67 bits per heavy atom. The summed E-state index contributed by atoms with van der Waals surface area (Å²) in [5, 5.41) is 12.9. The molecule has 12 heavy (non-hydrogen) atoms. The summed E-state index contributed by atoms with van der Waals surface area (Å²) in [6.07, 6.45) is 5.18. The Labute approximate surface area is 73.7 Å². The van der Waals surface area contributed by atoms with Gasteiger partial charge in [-0.2, -0.15) is 0 Å². The van der Waals surface area contributed by atoms with Gasteiger partial charge in [0.05, 0.1) is 6.10 Å². The third-order valence-electron chi connectivity index (χ3n) is 3.27. The zero-order valence-corrected chi connectivity index (χ0v) is 7.64. The molecule has 2 aliphatic rings. The summed E-state index contributed by atoms with van der Waals surface area (Å²) in [6.45, 7) is 4.38. The van der Waals surface area contributed by atoms with Gasteiger partial charge in [-0.15, -0.1) is 0 Å². The fraction of sp³-hybridized carbons (Fsp3) is 0.800. The number of hydrogen-bond acceptors (Lipinski definition) is 2. The highest BCUT2D eigenvalue weighted by Crippen LogP contribution is 2.41. The maximum absolute atomic E-state index is 9.50. The Morgan fingerprint density at radius 3 is 3.33 bits per heavy atom. The molecule has 1 aliphatic carbocycles. The molecule has 0 aromatic rings. The third kappa shape index (κ3) is 1.29. The molecule has 0 amide bonds. The predicted molar refractivity (Wildman–Crippen MR) is 48.9 cm³/mol. The zero-order valence-electron chi connectivity index (χ0n) is 7.64. The maximum atomic E-state index is 9.50. The van der Waals surface area contributed by atoms with Gasteiger partial charge in [0.1, 0.15) is 0 Å². The molecule has 2 heteroatoms. The van der Waals surface area contributed by atoms with E-state index in [1.807, 2.05) is 0 Å². The van der Waals surface area contributed by atoms with Gasteiger partial charge in [-0.3, -0.25) is 0 Å². The minimum absolute atomic E-state index is 0.0811. The second-order valence-electron chi connectivity index (χ2n) is 4.32. The smallest absolute Gasteiger partial charge is 0.0577 e. The van der Waals surface area contributed by atoms with Crippen LogP contribution in [0.25, 0.3) is 0 Å². The quantitative estimate of drug-likeness (QED) is 0.529. The lowest BCUT2D eigenvalue weighted by atomic mass is 9.69. The summed E-state index contributed by atoms with van der Waals surface area (Å²) in [4.78, 5) is 0. The van der Waals surface area contributed by atoms with Crippen molar-refractivity contribution >= 4 is 0 Å². The lowest BCUT2D eigenvalue weighted by molar-refractivity contribution is 0.108. The molecule has 1 heterocycles. The summed E-state index contributed by atoms with van der Waals surface area (Å²) in [5.41, 5.74) is 1.82. The Bertz CT molecular complexity index is 212. The summed E-state index contributed by atoms with van der Waals surface area (Å²) < 4.78 is 0. The van der Waals surface area contributed by atoms with E-state index >= 15 is 0 Å². The van der Waals surface area contributed by atoms with Crippen LogP contribution in [-0.4, -0.2) is 24.3 Å². The van der Waals surface area contributed by atoms with Crippen molar-refractivity contribution in [1.29, 1.82) is 0 Å². The van der Waals surface area contributed by atoms with Gasteiger partial charge in [0.15, 0.2) is 0 Å². The van der Waals surface area contributed by atoms with Gasteiger partial charge < -0.3 is 10.4 Å². The highest BCUT2D eigenvalue weighted by Gasteiger charge is 2.35. The first-order chi connectivity index (χ1) is 5.71. The number of aliphatic hydroxyl groups is 1. The van der Waals surface area contributed by atoms with E-state index in [0.29, 0.717) is 5.41 Å². The van der Waals surface area contributed by atoms with Crippen molar-refractivity contribution in [3.63, 3.8) is 0 Å². The molecule has 1 saturated carbocycles. The number of aliphatic hydroxyl groups excluding tert-OH is 1. The lowest BCUT2D eigenvalue weighted by Gasteiger charge is -2.41. The minimum atomic E-state index is -0.0811. The summed E-state index contributed by atoms with van der Waals surface area (Å²) in [7, 11) is 0. The lowest BCUT2D eigenvalue weighted by Crippen LogP contribution is -2.42. The second kappa shape index (κ2) is 2.86. The van der Waals surface area contributed by atoms with Gasteiger partial charge in [-0.25, -0.2) is 0 Å². The topological polar surface area (TPSA) is 32.3 Å². The van der Waals surface area contributed by atoms with Crippen LogP contribution in [-0.2, 0) is 0 Å². The molecule has 0 bridgehead atoms. The van der Waals surface area contributed by atoms with E-state index in [2.05, 4.69) is 18.3 Å². The molecule has 2 atom stereocenters. The molecule has 0 spiro atoms. The molecule has 68 valence electrons. The van der Waals surface area contributed by atoms with Crippen molar-refractivity contribution in [3.05, 3.63) is 11.6 Å². The van der Waals surface area contributed by atoms with E-state index in [9.17, 15) is 5.11 Å². The van der Waals surface area contributed by atoms with Crippen LogP contribution >= 0.6 is 0 Å². The number of rotatable bonds is 0. The zero-order chi connectivity index (χ0) is 8.60. The first-order valence-corrected chi connectivity index (χ1v) is 4.79. The Morgan fingerprint density at radius 2 is 2.50 bits per heavy atom. The average molecular weight is 167 g/mol. The number of fused-ring (bicyclic) bond motifs is 1. The van der Waals surface area contributed by atoms with Crippen molar-refractivity contribution in [2.24, 2.45) is 5.41 Å². The standard InChI is InChI=1S/C10H17NO/c1-10-4-2-9(12)6-8(10)3-5-11-7-10/h3,9,11-12H,2,4-7H2,1H3/t9-,10+/m1/s1. The van der Waals surface area contributed by atoms with Crippen LogP contribution in [0.5, 0.6) is 0 Å². The van der Waals surface area contributed by atoms with Gasteiger partial charge in [0.25, 0.3) is 0 Å². The largest absolute Gasteiger partial charge is 0.393 e. The van der Waals surface area contributed by atoms with Gasteiger partial charge in [-0.05, 0) is 19.3 Å². The van der Waals surface area contributed by atoms with Crippen LogP contribution in [0.1, 0.15) is 26.2 Å². The summed E-state index contributed by atoms with van der Waals surface area (Å²) >= 11 is 0. The minimum Gasteiger partial charge on any atom is -0.393 e. The molecule has 2 nitrogen and oxygen atoms in total. The predicted octanol–water partition coefficient (Wildman–Crippen LogP) is 1.07. The van der Waals surface area contributed by atoms with Crippen molar-refractivity contribution < 1.29 is 5.11 Å². The summed E-state index contributed by atoms with van der Waals surface area (Å²) in [6, 6.07) is 0. The SMILES string of the molecule is C[C@@]12CC[C@@H](O)CC1=CCNC2. The van der Waals surface area contributed by atoms with E-state index in [1.165, 1.54) is 5.57 Å². The number of hydrogen-bond donors (Lipinski definition) is 2. The molecule has 1 fully saturated rings. The normalized spacial score (nSPS) is 41.8. The Kier molecular flexibility index (Phi) is 1.97. The van der Waals surface area contributed by atoms with Crippen LogP contribution in [0.4, 0.5) is 0 Å². The van der Waals surface area contributed by atoms with Crippen LogP contribution in [0.15, 0.2) is 11.6 Å². The van der Waals surface area contributed by atoms with E-state index in [0.717, 1.165) is 32.4 Å². The van der Waals surface area contributed by atoms with Crippen LogP contribution in [0.2, 0.25) is 0 Å². The van der Waals surface area contributed by atoms with Crippen molar-refractivity contribution in [1.82, 2.24) is 5.32 Å². The van der Waals surface area contributed by atoms with E-state index < -0.39 is 0 Å². The van der Waals surface area contributed by atoms with E-state index in [-0.39, 0.29) is 6.10 Å². The molecule has 2 rings (SSSR count). The molecule has 0 aromatic heterocycles. The summed E-state index contributed by atoms with van der Waals surface area (Å²) in [5.74, 6) is 0. The molecule has 0 aromatic carbocycles. The highest BCUT2D eigenvalue weighted by atomic mass is 16.3. The molecule has 1 aliphatic heterocycles. The van der Waals surface area contributed by atoms with Crippen molar-refractivity contribution in [2.75, 3.05) is 13.1 Å². The molecule has 2 N–H and O–H groups in total. The van der Waals surface area contributed by atoms with Crippen LogP contribution in [0.3, 0.4) is 0 Å². The molecular weight excluding hydrogens is 150 g/mol. The molecule has 0 saturated heterocycles. The van der Waals surface area contributed by atoms with E-state index in [1.54, 1.807) is 0 Å².